The van der Waals surface area contributed by atoms with E-state index in [1.165, 1.54) is 11.6 Å². The Labute approximate surface area is 97.4 Å². The van der Waals surface area contributed by atoms with Gasteiger partial charge in [-0.2, -0.15) is 0 Å². The molecule has 0 aliphatic carbocycles. The van der Waals surface area contributed by atoms with E-state index < -0.39 is 0 Å². The maximum atomic E-state index is 13.1. The molecule has 0 bridgehead atoms. The Morgan fingerprint density at radius 2 is 2.12 bits per heavy atom. The molecule has 0 amide bonds. The summed E-state index contributed by atoms with van der Waals surface area (Å²) in [6.45, 7) is 7.90. The number of nitrogens with one attached hydrogen (secondary N) is 1. The van der Waals surface area contributed by atoms with Crippen molar-refractivity contribution in [2.45, 2.75) is 27.2 Å². The third-order valence-electron chi connectivity index (χ3n) is 2.61. The zero-order chi connectivity index (χ0) is 12.0. The lowest BCUT2D eigenvalue weighted by atomic mass is 10.1. The van der Waals surface area contributed by atoms with Gasteiger partial charge in [0, 0.05) is 6.54 Å². The van der Waals surface area contributed by atoms with Gasteiger partial charge in [0.25, 0.3) is 0 Å². The second-order valence-corrected chi connectivity index (χ2v) is 3.95. The summed E-state index contributed by atoms with van der Waals surface area (Å²) in [5.41, 5.74) is 3.12. The normalized spacial score (nSPS) is 11.9. The van der Waals surface area contributed by atoms with Crippen LogP contribution >= 0.6 is 0 Å². The van der Waals surface area contributed by atoms with Gasteiger partial charge in [-0.25, -0.2) is 4.39 Å². The maximum Gasteiger partial charge on any atom is 0.126 e. The number of likely N-dealkylation sites (N-methyl/N-ethyl adjacent to an activating group) is 1. The number of rotatable bonds is 5. The van der Waals surface area contributed by atoms with Gasteiger partial charge < -0.3 is 5.32 Å². The van der Waals surface area contributed by atoms with Gasteiger partial charge in [-0.05, 0) is 43.1 Å². The number of hydrogen-bond donors (Lipinski definition) is 1. The Bertz CT molecular complexity index is 369. The van der Waals surface area contributed by atoms with Crippen molar-refractivity contribution in [2.24, 2.45) is 0 Å². The molecule has 0 aliphatic heterocycles. The molecule has 0 aromatic heterocycles. The predicted octanol–water partition coefficient (Wildman–Crippen LogP) is 3.54. The Hall–Kier alpha value is -1.15. The van der Waals surface area contributed by atoms with E-state index in [0.29, 0.717) is 5.56 Å². The second kappa shape index (κ2) is 6.44. The smallest absolute Gasteiger partial charge is 0.126 e. The summed E-state index contributed by atoms with van der Waals surface area (Å²) in [6.07, 6.45) is 3.15. The SMILES string of the molecule is CCNCC(=Cc1ccc(F)c(C)c1)CC. The lowest BCUT2D eigenvalue weighted by Gasteiger charge is -2.06. The van der Waals surface area contributed by atoms with Gasteiger partial charge in [0.2, 0.25) is 0 Å². The van der Waals surface area contributed by atoms with Crippen molar-refractivity contribution in [2.75, 3.05) is 13.1 Å². The van der Waals surface area contributed by atoms with E-state index in [0.717, 1.165) is 25.1 Å². The molecule has 1 rings (SSSR count). The van der Waals surface area contributed by atoms with Gasteiger partial charge in [0.1, 0.15) is 5.82 Å². The average molecular weight is 221 g/mol. The van der Waals surface area contributed by atoms with E-state index in [-0.39, 0.29) is 5.82 Å². The molecule has 1 nitrogen and oxygen atoms in total. The van der Waals surface area contributed by atoms with Crippen LogP contribution < -0.4 is 5.32 Å². The molecule has 1 aromatic carbocycles. The Morgan fingerprint density at radius 1 is 1.38 bits per heavy atom. The molecule has 88 valence electrons. The summed E-state index contributed by atoms with van der Waals surface area (Å²) in [4.78, 5) is 0. The molecule has 0 saturated heterocycles. The largest absolute Gasteiger partial charge is 0.313 e. The van der Waals surface area contributed by atoms with Crippen LogP contribution in [0.4, 0.5) is 4.39 Å². The van der Waals surface area contributed by atoms with Crippen molar-refractivity contribution in [1.29, 1.82) is 0 Å². The van der Waals surface area contributed by atoms with E-state index in [1.807, 2.05) is 12.1 Å². The Balaban J connectivity index is 2.82. The number of hydrogen-bond acceptors (Lipinski definition) is 1. The zero-order valence-electron chi connectivity index (χ0n) is 10.3. The topological polar surface area (TPSA) is 12.0 Å². The minimum atomic E-state index is -0.137. The van der Waals surface area contributed by atoms with Crippen LogP contribution in [-0.4, -0.2) is 13.1 Å². The van der Waals surface area contributed by atoms with Crippen molar-refractivity contribution in [3.8, 4) is 0 Å². The molecule has 1 N–H and O–H groups in total. The van der Waals surface area contributed by atoms with Crippen LogP contribution in [0.15, 0.2) is 23.8 Å². The van der Waals surface area contributed by atoms with Gasteiger partial charge in [0.05, 0.1) is 0 Å². The molecular weight excluding hydrogens is 201 g/mol. The predicted molar refractivity (Wildman–Crippen MR) is 67.9 cm³/mol. The lowest BCUT2D eigenvalue weighted by molar-refractivity contribution is 0.618. The molecule has 0 fully saturated rings. The van der Waals surface area contributed by atoms with Crippen LogP contribution in [0, 0.1) is 12.7 Å². The Morgan fingerprint density at radius 3 is 2.69 bits per heavy atom. The summed E-state index contributed by atoms with van der Waals surface area (Å²) >= 11 is 0. The minimum absolute atomic E-state index is 0.137. The van der Waals surface area contributed by atoms with E-state index >= 15 is 0 Å². The maximum absolute atomic E-state index is 13.1. The standard InChI is InChI=1S/C14H20FN/c1-4-12(10-16-5-2)9-13-6-7-14(15)11(3)8-13/h6-9,16H,4-5,10H2,1-3H3. The van der Waals surface area contributed by atoms with Gasteiger partial charge in [-0.3, -0.25) is 0 Å². The van der Waals surface area contributed by atoms with Crippen molar-refractivity contribution in [1.82, 2.24) is 5.32 Å². The summed E-state index contributed by atoms with van der Waals surface area (Å²) in [5.74, 6) is -0.137. The first-order valence-corrected chi connectivity index (χ1v) is 5.83. The number of aryl methyl sites for hydroxylation is 1. The third-order valence-corrected chi connectivity index (χ3v) is 2.61. The molecule has 0 unspecified atom stereocenters. The molecule has 2 heteroatoms. The molecule has 0 spiro atoms. The van der Waals surface area contributed by atoms with Crippen LogP contribution in [0.1, 0.15) is 31.4 Å². The minimum Gasteiger partial charge on any atom is -0.313 e. The summed E-state index contributed by atoms with van der Waals surface area (Å²) in [7, 11) is 0. The fourth-order valence-corrected chi connectivity index (χ4v) is 1.56. The van der Waals surface area contributed by atoms with E-state index in [4.69, 9.17) is 0 Å². The zero-order valence-corrected chi connectivity index (χ0v) is 10.3. The monoisotopic (exact) mass is 221 g/mol. The van der Waals surface area contributed by atoms with Crippen molar-refractivity contribution >= 4 is 6.08 Å². The van der Waals surface area contributed by atoms with Crippen molar-refractivity contribution < 1.29 is 4.39 Å². The highest BCUT2D eigenvalue weighted by molar-refractivity contribution is 5.54. The quantitative estimate of drug-likeness (QED) is 0.802. The fraction of sp³-hybridized carbons (Fsp3) is 0.429. The number of benzene rings is 1. The van der Waals surface area contributed by atoms with Crippen molar-refractivity contribution in [3.63, 3.8) is 0 Å². The summed E-state index contributed by atoms with van der Waals surface area (Å²) in [6, 6.07) is 5.24. The van der Waals surface area contributed by atoms with Gasteiger partial charge in [-0.15, -0.1) is 0 Å². The molecule has 0 heterocycles. The van der Waals surface area contributed by atoms with Crippen LogP contribution in [0.3, 0.4) is 0 Å². The average Bonchev–Trinajstić information content (AvgIpc) is 2.29. The van der Waals surface area contributed by atoms with Crippen LogP contribution in [-0.2, 0) is 0 Å². The first-order chi connectivity index (χ1) is 7.67. The molecule has 0 atom stereocenters. The second-order valence-electron chi connectivity index (χ2n) is 3.95. The first-order valence-electron chi connectivity index (χ1n) is 5.83. The van der Waals surface area contributed by atoms with E-state index in [9.17, 15) is 4.39 Å². The van der Waals surface area contributed by atoms with E-state index in [1.54, 1.807) is 6.92 Å². The number of halogens is 1. The molecule has 16 heavy (non-hydrogen) atoms. The molecular formula is C14H20FN. The molecule has 1 aromatic rings. The highest BCUT2D eigenvalue weighted by atomic mass is 19.1. The first kappa shape index (κ1) is 12.9. The Kier molecular flexibility index (Phi) is 5.20. The highest BCUT2D eigenvalue weighted by Crippen LogP contribution is 2.13. The van der Waals surface area contributed by atoms with Gasteiger partial charge >= 0.3 is 0 Å². The highest BCUT2D eigenvalue weighted by Gasteiger charge is 1.98. The van der Waals surface area contributed by atoms with Crippen molar-refractivity contribution in [3.05, 3.63) is 40.7 Å². The van der Waals surface area contributed by atoms with Crippen LogP contribution in [0.25, 0.3) is 6.08 Å². The van der Waals surface area contributed by atoms with E-state index in [2.05, 4.69) is 25.2 Å². The fourth-order valence-electron chi connectivity index (χ4n) is 1.56. The summed E-state index contributed by atoms with van der Waals surface area (Å²) < 4.78 is 13.1. The van der Waals surface area contributed by atoms with Crippen LogP contribution in [0.5, 0.6) is 0 Å². The molecule has 0 radical (unpaired) electrons. The molecule has 0 aliphatic rings. The molecule has 0 saturated carbocycles. The third kappa shape index (κ3) is 3.78. The van der Waals surface area contributed by atoms with Gasteiger partial charge in [-0.1, -0.05) is 31.6 Å². The lowest BCUT2D eigenvalue weighted by Crippen LogP contribution is -2.15. The van der Waals surface area contributed by atoms with Crippen LogP contribution in [0.2, 0.25) is 0 Å². The summed E-state index contributed by atoms with van der Waals surface area (Å²) in [5, 5.41) is 3.30. The van der Waals surface area contributed by atoms with Gasteiger partial charge in [0.15, 0.2) is 0 Å².